The molecule has 0 N–H and O–H groups in total. The number of aromatic nitrogens is 2. The van der Waals surface area contributed by atoms with Crippen molar-refractivity contribution in [2.45, 2.75) is 13.8 Å². The number of fused-ring (bicyclic) bond motifs is 6. The first kappa shape index (κ1) is 35.0. The summed E-state index contributed by atoms with van der Waals surface area (Å²) in [6.45, 7) is 4.00. The van der Waals surface area contributed by atoms with Crippen LogP contribution in [0.3, 0.4) is 0 Å². The van der Waals surface area contributed by atoms with E-state index in [9.17, 15) is 0 Å². The lowest BCUT2D eigenvalue weighted by Crippen LogP contribution is -1.95. The number of hydrogen-bond acceptors (Lipinski definition) is 2. The number of benzene rings is 8. The Morgan fingerprint density at radius 2 is 0.879 bits per heavy atom. The van der Waals surface area contributed by atoms with Gasteiger partial charge in [0.05, 0.1) is 22.9 Å². The second-order valence-electron chi connectivity index (χ2n) is 14.4. The largest absolute Gasteiger partial charge is 0.455 e. The van der Waals surface area contributed by atoms with Gasteiger partial charge in [0, 0.05) is 38.9 Å². The molecule has 3 aromatic heterocycles. The van der Waals surface area contributed by atoms with Crippen LogP contribution >= 0.6 is 0 Å². The van der Waals surface area contributed by atoms with Crippen molar-refractivity contribution in [3.8, 4) is 61.3 Å². The molecular weight excluding hydrogens is 705 g/mol. The minimum absolute atomic E-state index is 0.861. The van der Waals surface area contributed by atoms with Crippen LogP contribution in [0.25, 0.3) is 105 Å². The first-order valence-electron chi connectivity index (χ1n) is 20.0. The molecule has 276 valence electrons. The summed E-state index contributed by atoms with van der Waals surface area (Å²) in [5.41, 5.74) is 16.6. The van der Waals surface area contributed by atoms with E-state index in [0.717, 1.165) is 55.3 Å². The molecular formula is C55H40N2O. The molecule has 0 aliphatic heterocycles. The second-order valence-corrected chi connectivity index (χ2v) is 14.4. The number of nitrogens with zero attached hydrogens (tertiary/aromatic N) is 2. The Bertz CT molecular complexity index is 3250. The molecule has 0 saturated carbocycles. The molecule has 0 fully saturated rings. The van der Waals surface area contributed by atoms with Gasteiger partial charge in [-0.25, -0.2) is 0 Å². The highest BCUT2D eigenvalue weighted by molar-refractivity contribution is 6.12. The molecule has 11 aromatic rings. The monoisotopic (exact) mass is 744 g/mol. The molecule has 0 spiro atoms. The molecule has 3 heteroatoms. The molecule has 58 heavy (non-hydrogen) atoms. The van der Waals surface area contributed by atoms with Crippen LogP contribution in [0.15, 0.2) is 211 Å². The zero-order valence-electron chi connectivity index (χ0n) is 32.4. The Morgan fingerprint density at radius 3 is 1.59 bits per heavy atom. The third-order valence-electron chi connectivity index (χ3n) is 11.1. The zero-order chi connectivity index (χ0) is 39.0. The van der Waals surface area contributed by atoms with Gasteiger partial charge in [0.15, 0.2) is 0 Å². The van der Waals surface area contributed by atoms with E-state index in [1.807, 2.05) is 26.2 Å². The maximum Gasteiger partial charge on any atom is 0.143 e. The maximum absolute atomic E-state index is 6.67. The number of para-hydroxylation sites is 2. The van der Waals surface area contributed by atoms with E-state index in [0.29, 0.717) is 0 Å². The fraction of sp³-hybridized carbons (Fsp3) is 0.0364. The summed E-state index contributed by atoms with van der Waals surface area (Å²) in [6, 6.07) is 69.3. The van der Waals surface area contributed by atoms with Gasteiger partial charge in [-0.1, -0.05) is 159 Å². The van der Waals surface area contributed by atoms with Crippen molar-refractivity contribution in [3.05, 3.63) is 207 Å². The molecule has 3 heterocycles. The minimum Gasteiger partial charge on any atom is -0.455 e. The highest BCUT2D eigenvalue weighted by Crippen LogP contribution is 2.40. The van der Waals surface area contributed by atoms with E-state index in [2.05, 4.69) is 199 Å². The lowest BCUT2D eigenvalue weighted by molar-refractivity contribution is 0.670. The third kappa shape index (κ3) is 6.14. The van der Waals surface area contributed by atoms with Crippen molar-refractivity contribution in [1.82, 2.24) is 9.55 Å². The lowest BCUT2D eigenvalue weighted by Gasteiger charge is -2.10. The number of pyridine rings is 1. The standard InChI is InChI=1S/C53H34N2O.C2H6/c1-3-12-35(13-4-1)37-16-9-17-38(28-37)39-18-10-19-40(29-39)42-25-27-52-49(32-42)47-22-11-21-45(53(47)56-52)43-30-44(34-54-33-43)55-50-23-8-7-20-46(50)48-31-41(24-26-51(48)55)36-14-5-2-6-15-36;1-2/h1-34H;1-2H3. The molecule has 0 aliphatic carbocycles. The van der Waals surface area contributed by atoms with Gasteiger partial charge in [-0.15, -0.1) is 0 Å². The van der Waals surface area contributed by atoms with Crippen LogP contribution in [0.4, 0.5) is 0 Å². The molecule has 0 unspecified atom stereocenters. The van der Waals surface area contributed by atoms with Gasteiger partial charge in [0.25, 0.3) is 0 Å². The summed E-state index contributed by atoms with van der Waals surface area (Å²) in [5.74, 6) is 0. The van der Waals surface area contributed by atoms with Gasteiger partial charge in [-0.2, -0.15) is 0 Å². The van der Waals surface area contributed by atoms with Crippen molar-refractivity contribution in [1.29, 1.82) is 0 Å². The van der Waals surface area contributed by atoms with Crippen LogP contribution in [0.5, 0.6) is 0 Å². The summed E-state index contributed by atoms with van der Waals surface area (Å²) < 4.78 is 9.00. The first-order chi connectivity index (χ1) is 28.7. The molecule has 0 aliphatic rings. The Labute approximate surface area is 338 Å². The Morgan fingerprint density at radius 1 is 0.362 bits per heavy atom. The fourth-order valence-electron chi connectivity index (χ4n) is 8.35. The van der Waals surface area contributed by atoms with Crippen molar-refractivity contribution in [3.63, 3.8) is 0 Å². The topological polar surface area (TPSA) is 31.0 Å². The molecule has 0 atom stereocenters. The number of furan rings is 1. The molecule has 8 aromatic carbocycles. The van der Waals surface area contributed by atoms with Crippen molar-refractivity contribution in [2.24, 2.45) is 0 Å². The molecule has 0 bridgehead atoms. The van der Waals surface area contributed by atoms with Crippen LogP contribution in [-0.2, 0) is 0 Å². The Balaban J connectivity index is 0.00000201. The smallest absolute Gasteiger partial charge is 0.143 e. The third-order valence-corrected chi connectivity index (χ3v) is 11.1. The predicted octanol–water partition coefficient (Wildman–Crippen LogP) is 15.4. The summed E-state index contributed by atoms with van der Waals surface area (Å²) in [4.78, 5) is 4.80. The molecule has 0 saturated heterocycles. The van der Waals surface area contributed by atoms with Crippen molar-refractivity contribution in [2.75, 3.05) is 0 Å². The van der Waals surface area contributed by atoms with Gasteiger partial charge < -0.3 is 8.98 Å². The van der Waals surface area contributed by atoms with Gasteiger partial charge >= 0.3 is 0 Å². The van der Waals surface area contributed by atoms with Crippen LogP contribution in [0.1, 0.15) is 13.8 Å². The second kappa shape index (κ2) is 14.9. The van der Waals surface area contributed by atoms with E-state index in [1.54, 1.807) is 0 Å². The van der Waals surface area contributed by atoms with Gasteiger partial charge in [0.2, 0.25) is 0 Å². The van der Waals surface area contributed by atoms with Crippen molar-refractivity contribution >= 4 is 43.7 Å². The summed E-state index contributed by atoms with van der Waals surface area (Å²) in [5, 5.41) is 4.61. The van der Waals surface area contributed by atoms with E-state index in [1.165, 1.54) is 49.7 Å². The molecule has 11 rings (SSSR count). The first-order valence-corrected chi connectivity index (χ1v) is 20.0. The quantitative estimate of drug-likeness (QED) is 0.170. The van der Waals surface area contributed by atoms with Crippen LogP contribution < -0.4 is 0 Å². The lowest BCUT2D eigenvalue weighted by atomic mass is 9.95. The maximum atomic E-state index is 6.67. The minimum atomic E-state index is 0.861. The normalized spacial score (nSPS) is 11.3. The number of hydrogen-bond donors (Lipinski definition) is 0. The molecule has 0 radical (unpaired) electrons. The van der Waals surface area contributed by atoms with Crippen LogP contribution in [-0.4, -0.2) is 9.55 Å². The zero-order valence-corrected chi connectivity index (χ0v) is 32.4. The summed E-state index contributed by atoms with van der Waals surface area (Å²) in [6.07, 6.45) is 3.90. The van der Waals surface area contributed by atoms with E-state index in [4.69, 9.17) is 9.40 Å². The highest BCUT2D eigenvalue weighted by atomic mass is 16.3. The SMILES string of the molecule is CC.c1ccc(-c2cccc(-c3cccc(-c4ccc5oc6c(-c7cncc(-n8c9ccccc9c9cc(-c%10ccccc%10)ccc98)c7)cccc6c5c4)c3)c2)cc1. The fourth-order valence-corrected chi connectivity index (χ4v) is 8.35. The Kier molecular flexibility index (Phi) is 8.96. The van der Waals surface area contributed by atoms with E-state index < -0.39 is 0 Å². The molecule has 3 nitrogen and oxygen atoms in total. The van der Waals surface area contributed by atoms with Crippen LogP contribution in [0.2, 0.25) is 0 Å². The van der Waals surface area contributed by atoms with Crippen molar-refractivity contribution < 1.29 is 4.42 Å². The van der Waals surface area contributed by atoms with Gasteiger partial charge in [-0.3, -0.25) is 4.98 Å². The average molecular weight is 745 g/mol. The number of rotatable bonds is 6. The highest BCUT2D eigenvalue weighted by Gasteiger charge is 2.17. The average Bonchev–Trinajstić information content (AvgIpc) is 3.86. The summed E-state index contributed by atoms with van der Waals surface area (Å²) in [7, 11) is 0. The Hall–Kier alpha value is -7.49. The van der Waals surface area contributed by atoms with E-state index in [-0.39, 0.29) is 0 Å². The van der Waals surface area contributed by atoms with Gasteiger partial charge in [-0.05, 0) is 93.0 Å². The van der Waals surface area contributed by atoms with E-state index >= 15 is 0 Å². The summed E-state index contributed by atoms with van der Waals surface area (Å²) >= 11 is 0. The van der Waals surface area contributed by atoms with Crippen LogP contribution in [0, 0.1) is 0 Å². The molecule has 0 amide bonds. The predicted molar refractivity (Wildman–Crippen MR) is 244 cm³/mol. The van der Waals surface area contributed by atoms with Gasteiger partial charge in [0.1, 0.15) is 11.2 Å².